The van der Waals surface area contributed by atoms with E-state index in [0.717, 1.165) is 22.3 Å². The van der Waals surface area contributed by atoms with Crippen molar-refractivity contribution >= 4 is 11.0 Å². The maximum Gasteiger partial charge on any atom is 0.157 e. The van der Waals surface area contributed by atoms with E-state index in [1.165, 1.54) is 0 Å². The van der Waals surface area contributed by atoms with Crippen LogP contribution in [0.15, 0.2) is 12.3 Å². The number of nitrogens with two attached hydrogens (primary N) is 1. The second kappa shape index (κ2) is 2.81. The van der Waals surface area contributed by atoms with Crippen LogP contribution < -0.4 is 5.73 Å². The summed E-state index contributed by atoms with van der Waals surface area (Å²) in [5, 5.41) is 5.37. The zero-order valence-electron chi connectivity index (χ0n) is 7.78. The van der Waals surface area contributed by atoms with Crippen LogP contribution in [-0.4, -0.2) is 14.8 Å². The molecular formula is C9H12N4. The maximum atomic E-state index is 5.53. The molecule has 4 heteroatoms. The Morgan fingerprint density at radius 1 is 1.54 bits per heavy atom. The van der Waals surface area contributed by atoms with Crippen molar-refractivity contribution in [2.75, 3.05) is 0 Å². The average Bonchev–Trinajstić information content (AvgIpc) is 2.42. The summed E-state index contributed by atoms with van der Waals surface area (Å²) in [5.74, 6) is 0. The van der Waals surface area contributed by atoms with Gasteiger partial charge in [0.2, 0.25) is 0 Å². The number of fused-ring (bicyclic) bond motifs is 1. The molecule has 2 heterocycles. The zero-order valence-corrected chi connectivity index (χ0v) is 7.78. The van der Waals surface area contributed by atoms with E-state index in [4.69, 9.17) is 5.73 Å². The molecule has 2 aromatic rings. The number of aryl methyl sites for hydroxylation is 2. The second-order valence-electron chi connectivity index (χ2n) is 3.13. The van der Waals surface area contributed by atoms with Gasteiger partial charge in [0.1, 0.15) is 0 Å². The van der Waals surface area contributed by atoms with Crippen LogP contribution in [0.1, 0.15) is 11.3 Å². The molecular weight excluding hydrogens is 164 g/mol. The molecule has 0 saturated heterocycles. The van der Waals surface area contributed by atoms with Crippen molar-refractivity contribution in [2.45, 2.75) is 13.5 Å². The molecule has 0 saturated carbocycles. The lowest BCUT2D eigenvalue weighted by atomic mass is 10.2. The van der Waals surface area contributed by atoms with E-state index < -0.39 is 0 Å². The Bertz CT molecular complexity index is 444. The van der Waals surface area contributed by atoms with Crippen LogP contribution >= 0.6 is 0 Å². The molecule has 0 fully saturated rings. The van der Waals surface area contributed by atoms with E-state index in [-0.39, 0.29) is 0 Å². The highest BCUT2D eigenvalue weighted by molar-refractivity contribution is 5.78. The Balaban J connectivity index is 2.76. The van der Waals surface area contributed by atoms with Gasteiger partial charge < -0.3 is 5.73 Å². The predicted octanol–water partition coefficient (Wildman–Crippen LogP) is 0.735. The second-order valence-corrected chi connectivity index (χ2v) is 3.13. The summed E-state index contributed by atoms with van der Waals surface area (Å²) < 4.78 is 1.78. The van der Waals surface area contributed by atoms with E-state index in [2.05, 4.69) is 10.1 Å². The molecule has 0 aliphatic heterocycles. The summed E-state index contributed by atoms with van der Waals surface area (Å²) in [6.07, 6.45) is 1.80. The van der Waals surface area contributed by atoms with E-state index in [0.29, 0.717) is 6.54 Å². The largest absolute Gasteiger partial charge is 0.326 e. The summed E-state index contributed by atoms with van der Waals surface area (Å²) in [7, 11) is 1.89. The summed E-state index contributed by atoms with van der Waals surface area (Å²) in [4.78, 5) is 4.29. The summed E-state index contributed by atoms with van der Waals surface area (Å²) >= 11 is 0. The molecule has 2 N–H and O–H groups in total. The molecule has 2 rings (SSSR count). The van der Waals surface area contributed by atoms with E-state index in [9.17, 15) is 0 Å². The minimum absolute atomic E-state index is 0.525. The van der Waals surface area contributed by atoms with Gasteiger partial charge in [0, 0.05) is 25.2 Å². The Morgan fingerprint density at radius 2 is 2.31 bits per heavy atom. The molecule has 0 bridgehead atoms. The molecule has 68 valence electrons. The Kier molecular flexibility index (Phi) is 1.77. The van der Waals surface area contributed by atoms with Gasteiger partial charge in [-0.15, -0.1) is 0 Å². The van der Waals surface area contributed by atoms with Gasteiger partial charge in [-0.1, -0.05) is 0 Å². The first-order valence-corrected chi connectivity index (χ1v) is 4.20. The zero-order chi connectivity index (χ0) is 9.42. The number of aromatic nitrogens is 3. The summed E-state index contributed by atoms with van der Waals surface area (Å²) in [6.45, 7) is 2.50. The molecule has 0 aliphatic rings. The lowest BCUT2D eigenvalue weighted by Crippen LogP contribution is -1.97. The van der Waals surface area contributed by atoms with Gasteiger partial charge >= 0.3 is 0 Å². The van der Waals surface area contributed by atoms with Gasteiger partial charge in [0.05, 0.1) is 5.69 Å². The minimum Gasteiger partial charge on any atom is -0.326 e. The van der Waals surface area contributed by atoms with Crippen LogP contribution in [0.25, 0.3) is 11.0 Å². The maximum absolute atomic E-state index is 5.53. The lowest BCUT2D eigenvalue weighted by molar-refractivity contribution is 0.773. The van der Waals surface area contributed by atoms with Crippen LogP contribution in [0.3, 0.4) is 0 Å². The Labute approximate surface area is 76.4 Å². The van der Waals surface area contributed by atoms with Crippen LogP contribution in [-0.2, 0) is 13.6 Å². The number of pyridine rings is 1. The highest BCUT2D eigenvalue weighted by atomic mass is 15.3. The highest BCUT2D eigenvalue weighted by Gasteiger charge is 2.05. The molecule has 0 radical (unpaired) electrons. The minimum atomic E-state index is 0.525. The van der Waals surface area contributed by atoms with Gasteiger partial charge in [0.25, 0.3) is 0 Å². The van der Waals surface area contributed by atoms with Crippen molar-refractivity contribution in [3.8, 4) is 0 Å². The Morgan fingerprint density at radius 3 is 3.00 bits per heavy atom. The quantitative estimate of drug-likeness (QED) is 0.697. The van der Waals surface area contributed by atoms with Gasteiger partial charge in [-0.25, -0.2) is 4.98 Å². The van der Waals surface area contributed by atoms with Gasteiger partial charge in [-0.2, -0.15) is 5.10 Å². The molecule has 0 aliphatic carbocycles. The third kappa shape index (κ3) is 1.19. The van der Waals surface area contributed by atoms with Crippen molar-refractivity contribution in [1.82, 2.24) is 14.8 Å². The summed E-state index contributed by atoms with van der Waals surface area (Å²) in [5.41, 5.74) is 8.49. The van der Waals surface area contributed by atoms with Crippen LogP contribution in [0, 0.1) is 6.92 Å². The number of nitrogens with zero attached hydrogens (tertiary/aromatic N) is 3. The van der Waals surface area contributed by atoms with E-state index >= 15 is 0 Å². The fourth-order valence-electron chi connectivity index (χ4n) is 1.46. The molecule has 0 amide bonds. The number of hydrogen-bond donors (Lipinski definition) is 1. The first kappa shape index (κ1) is 8.19. The SMILES string of the molecule is Cc1nn(C)c2ncc(CN)cc12. The standard InChI is InChI=1S/C9H12N4/c1-6-8-3-7(4-10)5-11-9(8)13(2)12-6/h3,5H,4,10H2,1-2H3. The molecule has 0 atom stereocenters. The molecule has 2 aromatic heterocycles. The predicted molar refractivity (Wildman–Crippen MR) is 51.1 cm³/mol. The van der Waals surface area contributed by atoms with Crippen molar-refractivity contribution in [2.24, 2.45) is 12.8 Å². The van der Waals surface area contributed by atoms with Crippen LogP contribution in [0.4, 0.5) is 0 Å². The molecule has 13 heavy (non-hydrogen) atoms. The Hall–Kier alpha value is -1.42. The number of hydrogen-bond acceptors (Lipinski definition) is 3. The fourth-order valence-corrected chi connectivity index (χ4v) is 1.46. The molecule has 0 spiro atoms. The lowest BCUT2D eigenvalue weighted by Gasteiger charge is -1.96. The molecule has 4 nitrogen and oxygen atoms in total. The highest BCUT2D eigenvalue weighted by Crippen LogP contribution is 2.15. The van der Waals surface area contributed by atoms with Crippen LogP contribution in [0.5, 0.6) is 0 Å². The summed E-state index contributed by atoms with van der Waals surface area (Å²) in [6, 6.07) is 2.05. The van der Waals surface area contributed by atoms with Crippen molar-refractivity contribution < 1.29 is 0 Å². The first-order valence-electron chi connectivity index (χ1n) is 4.20. The smallest absolute Gasteiger partial charge is 0.157 e. The van der Waals surface area contributed by atoms with E-state index in [1.807, 2.05) is 20.0 Å². The van der Waals surface area contributed by atoms with Gasteiger partial charge in [0.15, 0.2) is 5.65 Å². The third-order valence-corrected chi connectivity index (χ3v) is 2.16. The van der Waals surface area contributed by atoms with Crippen molar-refractivity contribution in [1.29, 1.82) is 0 Å². The molecule has 0 aromatic carbocycles. The van der Waals surface area contributed by atoms with Crippen molar-refractivity contribution in [3.63, 3.8) is 0 Å². The topological polar surface area (TPSA) is 56.7 Å². The molecule has 0 unspecified atom stereocenters. The van der Waals surface area contributed by atoms with Gasteiger partial charge in [-0.05, 0) is 18.6 Å². The van der Waals surface area contributed by atoms with E-state index in [1.54, 1.807) is 10.9 Å². The first-order chi connectivity index (χ1) is 6.22. The normalized spacial score (nSPS) is 11.0. The third-order valence-electron chi connectivity index (χ3n) is 2.16. The average molecular weight is 176 g/mol. The van der Waals surface area contributed by atoms with Gasteiger partial charge in [-0.3, -0.25) is 4.68 Å². The number of rotatable bonds is 1. The fraction of sp³-hybridized carbons (Fsp3) is 0.333. The van der Waals surface area contributed by atoms with Crippen molar-refractivity contribution in [3.05, 3.63) is 23.5 Å². The monoisotopic (exact) mass is 176 g/mol. The van der Waals surface area contributed by atoms with Crippen LogP contribution in [0.2, 0.25) is 0 Å².